The fraction of sp³-hybridized carbons (Fsp3) is 0.429. The van der Waals surface area contributed by atoms with Gasteiger partial charge in [0.1, 0.15) is 0 Å². The molecule has 3 aromatic rings. The van der Waals surface area contributed by atoms with Crippen LogP contribution in [0.15, 0.2) is 46.1 Å². The molecule has 0 N–H and O–H groups in total. The van der Waals surface area contributed by atoms with Gasteiger partial charge in [-0.05, 0) is 31.0 Å². The van der Waals surface area contributed by atoms with Crippen LogP contribution < -0.4 is 10.5 Å². The van der Waals surface area contributed by atoms with Gasteiger partial charge in [0.25, 0.3) is 11.5 Å². The molecule has 0 spiro atoms. The van der Waals surface area contributed by atoms with E-state index in [1.54, 1.807) is 17.3 Å². The predicted octanol–water partition coefficient (Wildman–Crippen LogP) is 2.46. The number of fused-ring (bicyclic) bond motifs is 1. The summed E-state index contributed by atoms with van der Waals surface area (Å²) in [6.45, 7) is 2.64. The minimum absolute atomic E-state index is 0.0518. The lowest BCUT2D eigenvalue weighted by molar-refractivity contribution is 0.0705. The normalized spacial score (nSPS) is 17.9. The summed E-state index contributed by atoms with van der Waals surface area (Å²) >= 11 is 0. The van der Waals surface area contributed by atoms with Gasteiger partial charge in [-0.2, -0.15) is 0 Å². The third-order valence-electron chi connectivity index (χ3n) is 6.07. The van der Waals surface area contributed by atoms with Gasteiger partial charge in [-0.25, -0.2) is 4.98 Å². The maximum Gasteiger partial charge on any atom is 0.292 e. The second-order valence-electron chi connectivity index (χ2n) is 7.75. The lowest BCUT2D eigenvalue weighted by atomic mass is 10.1. The van der Waals surface area contributed by atoms with Crippen LogP contribution in [0.2, 0.25) is 0 Å². The summed E-state index contributed by atoms with van der Waals surface area (Å²) in [4.78, 5) is 33.8. The van der Waals surface area contributed by atoms with Gasteiger partial charge in [-0.3, -0.25) is 14.2 Å². The topological polar surface area (TPSA) is 84.5 Å². The SMILES string of the molecule is O=C(c1ccno1)N1CCN(c2ccc3c(=O)n(C4CCCC4)cnc3c2)CC1. The first kappa shape index (κ1) is 17.9. The molecule has 1 amide bonds. The zero-order chi connectivity index (χ0) is 19.8. The number of carbonyl (C=O) groups is 1. The van der Waals surface area contributed by atoms with Crippen molar-refractivity contribution in [3.05, 3.63) is 52.9 Å². The molecule has 1 saturated heterocycles. The van der Waals surface area contributed by atoms with Crippen LogP contribution in [-0.4, -0.2) is 51.7 Å². The molecule has 5 rings (SSSR count). The minimum atomic E-state index is -0.130. The Labute approximate surface area is 167 Å². The van der Waals surface area contributed by atoms with Gasteiger partial charge >= 0.3 is 0 Å². The van der Waals surface area contributed by atoms with Crippen LogP contribution in [0.5, 0.6) is 0 Å². The summed E-state index contributed by atoms with van der Waals surface area (Å²) < 4.78 is 6.78. The molecule has 2 fully saturated rings. The van der Waals surface area contributed by atoms with E-state index < -0.39 is 0 Å². The Bertz CT molecular complexity index is 1080. The fourth-order valence-electron chi connectivity index (χ4n) is 4.41. The second-order valence-corrected chi connectivity index (χ2v) is 7.75. The molecule has 8 heteroatoms. The largest absolute Gasteiger partial charge is 0.368 e. The summed E-state index contributed by atoms with van der Waals surface area (Å²) in [5, 5.41) is 4.27. The fourth-order valence-corrected chi connectivity index (χ4v) is 4.41. The summed E-state index contributed by atoms with van der Waals surface area (Å²) in [6, 6.07) is 7.72. The quantitative estimate of drug-likeness (QED) is 0.680. The van der Waals surface area contributed by atoms with Gasteiger partial charge in [-0.15, -0.1) is 0 Å². The number of amides is 1. The number of carbonyl (C=O) groups excluding carboxylic acids is 1. The molecular weight excluding hydrogens is 370 g/mol. The van der Waals surface area contributed by atoms with Crippen LogP contribution in [0.25, 0.3) is 10.9 Å². The standard InChI is InChI=1S/C21H23N5O3/c27-20-17-6-5-16(13-18(17)22-14-26(20)15-3-1-2-4-15)24-9-11-25(12-10-24)21(28)19-7-8-23-29-19/h5-8,13-15H,1-4,9-12H2. The van der Waals surface area contributed by atoms with Crippen molar-refractivity contribution in [1.82, 2.24) is 19.6 Å². The number of hydrogen-bond donors (Lipinski definition) is 0. The Morgan fingerprint density at radius 2 is 1.86 bits per heavy atom. The first-order valence-electron chi connectivity index (χ1n) is 10.2. The first-order chi connectivity index (χ1) is 14.2. The highest BCUT2D eigenvalue weighted by molar-refractivity contribution is 5.91. The Morgan fingerprint density at radius 1 is 1.07 bits per heavy atom. The van der Waals surface area contributed by atoms with E-state index in [2.05, 4.69) is 15.0 Å². The highest BCUT2D eigenvalue weighted by Gasteiger charge is 2.25. The number of anilines is 1. The molecule has 1 saturated carbocycles. The molecule has 0 bridgehead atoms. The average molecular weight is 393 g/mol. The van der Waals surface area contributed by atoms with E-state index in [-0.39, 0.29) is 23.3 Å². The van der Waals surface area contributed by atoms with Crippen LogP contribution in [0.1, 0.15) is 42.3 Å². The summed E-state index contributed by atoms with van der Waals surface area (Å²) in [6.07, 6.45) is 7.66. The smallest absolute Gasteiger partial charge is 0.292 e. The van der Waals surface area contributed by atoms with Crippen molar-refractivity contribution in [2.24, 2.45) is 0 Å². The third-order valence-corrected chi connectivity index (χ3v) is 6.07. The monoisotopic (exact) mass is 393 g/mol. The first-order valence-corrected chi connectivity index (χ1v) is 10.2. The highest BCUT2D eigenvalue weighted by Crippen LogP contribution is 2.28. The van der Waals surface area contributed by atoms with Gasteiger partial charge in [-0.1, -0.05) is 18.0 Å². The molecule has 2 aromatic heterocycles. The number of benzene rings is 1. The second kappa shape index (κ2) is 7.35. The number of rotatable bonds is 3. The lowest BCUT2D eigenvalue weighted by Gasteiger charge is -2.35. The van der Waals surface area contributed by atoms with E-state index in [1.807, 2.05) is 22.8 Å². The van der Waals surface area contributed by atoms with E-state index in [1.165, 1.54) is 19.0 Å². The van der Waals surface area contributed by atoms with E-state index >= 15 is 0 Å². The van der Waals surface area contributed by atoms with Crippen molar-refractivity contribution in [2.45, 2.75) is 31.7 Å². The van der Waals surface area contributed by atoms with E-state index in [4.69, 9.17) is 4.52 Å². The number of piperazine rings is 1. The van der Waals surface area contributed by atoms with E-state index in [9.17, 15) is 9.59 Å². The molecule has 2 aliphatic rings. The van der Waals surface area contributed by atoms with Crippen molar-refractivity contribution < 1.29 is 9.32 Å². The molecule has 150 valence electrons. The van der Waals surface area contributed by atoms with Gasteiger partial charge in [0, 0.05) is 44.0 Å². The number of aromatic nitrogens is 3. The molecule has 1 aliphatic heterocycles. The minimum Gasteiger partial charge on any atom is -0.368 e. The number of hydrogen-bond acceptors (Lipinski definition) is 6. The van der Waals surface area contributed by atoms with Gasteiger partial charge in [0.2, 0.25) is 5.76 Å². The zero-order valence-electron chi connectivity index (χ0n) is 16.2. The van der Waals surface area contributed by atoms with Crippen molar-refractivity contribution in [3.63, 3.8) is 0 Å². The molecule has 29 heavy (non-hydrogen) atoms. The van der Waals surface area contributed by atoms with Gasteiger partial charge in [0.05, 0.1) is 23.4 Å². The van der Waals surface area contributed by atoms with Crippen molar-refractivity contribution >= 4 is 22.5 Å². The summed E-state index contributed by atoms with van der Waals surface area (Å²) in [5.74, 6) is 0.140. The number of nitrogens with zero attached hydrogens (tertiary/aromatic N) is 5. The van der Waals surface area contributed by atoms with Crippen LogP contribution in [0.3, 0.4) is 0 Å². The summed E-state index contributed by atoms with van der Waals surface area (Å²) in [7, 11) is 0. The Balaban J connectivity index is 1.33. The Morgan fingerprint density at radius 3 is 2.59 bits per heavy atom. The van der Waals surface area contributed by atoms with Gasteiger partial charge in [0.15, 0.2) is 0 Å². The Kier molecular flexibility index (Phi) is 4.54. The highest BCUT2D eigenvalue weighted by atomic mass is 16.5. The molecule has 8 nitrogen and oxygen atoms in total. The Hall–Kier alpha value is -3.16. The predicted molar refractivity (Wildman–Crippen MR) is 108 cm³/mol. The molecule has 1 aromatic carbocycles. The maximum atomic E-state index is 12.9. The maximum absolute atomic E-state index is 12.9. The van der Waals surface area contributed by atoms with Crippen LogP contribution >= 0.6 is 0 Å². The molecule has 1 aliphatic carbocycles. The summed E-state index contributed by atoms with van der Waals surface area (Å²) in [5.41, 5.74) is 1.80. The van der Waals surface area contributed by atoms with Crippen LogP contribution in [-0.2, 0) is 0 Å². The van der Waals surface area contributed by atoms with Crippen molar-refractivity contribution in [1.29, 1.82) is 0 Å². The molecule has 0 unspecified atom stereocenters. The van der Waals surface area contributed by atoms with Crippen molar-refractivity contribution in [3.8, 4) is 0 Å². The molecule has 3 heterocycles. The zero-order valence-corrected chi connectivity index (χ0v) is 16.2. The van der Waals surface area contributed by atoms with Crippen LogP contribution in [0, 0.1) is 0 Å². The van der Waals surface area contributed by atoms with Gasteiger partial charge < -0.3 is 14.3 Å². The third kappa shape index (κ3) is 3.28. The molecular formula is C21H23N5O3. The molecule has 0 atom stereocenters. The van der Waals surface area contributed by atoms with Crippen molar-refractivity contribution in [2.75, 3.05) is 31.1 Å². The van der Waals surface area contributed by atoms with Crippen LogP contribution in [0.4, 0.5) is 5.69 Å². The van der Waals surface area contributed by atoms with E-state index in [0.717, 1.165) is 24.0 Å². The average Bonchev–Trinajstić information content (AvgIpc) is 3.48. The molecule has 0 radical (unpaired) electrons. The lowest BCUT2D eigenvalue weighted by Crippen LogP contribution is -2.48. The van der Waals surface area contributed by atoms with E-state index in [0.29, 0.717) is 31.6 Å².